The highest BCUT2D eigenvalue weighted by Gasteiger charge is 2.13. The van der Waals surface area contributed by atoms with Gasteiger partial charge in [-0.1, -0.05) is 13.8 Å². The highest BCUT2D eigenvalue weighted by atomic mass is 32.2. The fourth-order valence-corrected chi connectivity index (χ4v) is 2.81. The van der Waals surface area contributed by atoms with E-state index in [1.54, 1.807) is 0 Å². The number of rotatable bonds is 6. The molecule has 0 spiro atoms. The summed E-state index contributed by atoms with van der Waals surface area (Å²) in [6, 6.07) is 0.537. The van der Waals surface area contributed by atoms with Crippen LogP contribution in [0.4, 0.5) is 0 Å². The summed E-state index contributed by atoms with van der Waals surface area (Å²) in [7, 11) is 0. The molecule has 0 aromatic rings. The van der Waals surface area contributed by atoms with Crippen LogP contribution in [0.25, 0.3) is 0 Å². The van der Waals surface area contributed by atoms with Gasteiger partial charge in [0.2, 0.25) is 5.91 Å². The van der Waals surface area contributed by atoms with Crippen molar-refractivity contribution in [2.24, 2.45) is 5.92 Å². The van der Waals surface area contributed by atoms with E-state index >= 15 is 0 Å². The average Bonchev–Trinajstić information content (AvgIpc) is 2.27. The summed E-state index contributed by atoms with van der Waals surface area (Å²) in [5, 5.41) is 6.27. The third kappa shape index (κ3) is 6.38. The maximum absolute atomic E-state index is 11.5. The van der Waals surface area contributed by atoms with Gasteiger partial charge in [-0.3, -0.25) is 4.79 Å². The lowest BCUT2D eigenvalue weighted by atomic mass is 10.1. The minimum absolute atomic E-state index is 0.135. The zero-order chi connectivity index (χ0) is 11.8. The van der Waals surface area contributed by atoms with Gasteiger partial charge in [-0.15, -0.1) is 0 Å². The van der Waals surface area contributed by atoms with Gasteiger partial charge in [-0.2, -0.15) is 11.8 Å². The Morgan fingerprint density at radius 3 is 2.94 bits per heavy atom. The first-order valence-corrected chi connectivity index (χ1v) is 7.41. The Bertz CT molecular complexity index is 203. The first-order valence-electron chi connectivity index (χ1n) is 6.26. The quantitative estimate of drug-likeness (QED) is 0.746. The van der Waals surface area contributed by atoms with Crippen LogP contribution in [0.5, 0.6) is 0 Å². The molecule has 1 rings (SSSR count). The van der Waals surface area contributed by atoms with Crippen molar-refractivity contribution in [1.82, 2.24) is 10.6 Å². The second kappa shape index (κ2) is 7.96. The molecular weight excluding hydrogens is 220 g/mol. The molecule has 1 aliphatic heterocycles. The van der Waals surface area contributed by atoms with Gasteiger partial charge < -0.3 is 10.6 Å². The smallest absolute Gasteiger partial charge is 0.233 e. The monoisotopic (exact) mass is 244 g/mol. The predicted molar refractivity (Wildman–Crippen MR) is 70.8 cm³/mol. The van der Waals surface area contributed by atoms with Gasteiger partial charge in [0.05, 0.1) is 6.54 Å². The second-order valence-electron chi connectivity index (χ2n) is 4.83. The van der Waals surface area contributed by atoms with E-state index in [0.717, 1.165) is 18.7 Å². The van der Waals surface area contributed by atoms with E-state index in [1.807, 2.05) is 11.8 Å². The fraction of sp³-hybridized carbons (Fsp3) is 0.917. The molecule has 1 amide bonds. The van der Waals surface area contributed by atoms with Crippen LogP contribution in [0.1, 0.15) is 33.1 Å². The van der Waals surface area contributed by atoms with E-state index < -0.39 is 0 Å². The maximum Gasteiger partial charge on any atom is 0.233 e. The van der Waals surface area contributed by atoms with Gasteiger partial charge in [0.1, 0.15) is 0 Å². The van der Waals surface area contributed by atoms with E-state index in [4.69, 9.17) is 0 Å². The van der Waals surface area contributed by atoms with E-state index in [2.05, 4.69) is 24.5 Å². The normalized spacial score (nSPS) is 21.1. The van der Waals surface area contributed by atoms with Crippen molar-refractivity contribution < 1.29 is 4.79 Å². The first kappa shape index (κ1) is 13.8. The Kier molecular flexibility index (Phi) is 6.88. The molecule has 2 N–H and O–H groups in total. The third-order valence-corrected chi connectivity index (χ3v) is 3.97. The largest absolute Gasteiger partial charge is 0.355 e. The van der Waals surface area contributed by atoms with Gasteiger partial charge in [0, 0.05) is 18.3 Å². The van der Waals surface area contributed by atoms with Gasteiger partial charge in [-0.25, -0.2) is 0 Å². The number of amides is 1. The first-order chi connectivity index (χ1) is 7.68. The molecule has 0 aromatic carbocycles. The molecule has 1 saturated heterocycles. The minimum atomic E-state index is 0.135. The SMILES string of the molecule is CC(C)CCNC(=O)CNC1CCCSC1. The molecule has 0 radical (unpaired) electrons. The van der Waals surface area contributed by atoms with Crippen LogP contribution in [-0.4, -0.2) is 36.5 Å². The number of hydrogen-bond donors (Lipinski definition) is 2. The van der Waals surface area contributed by atoms with Crippen molar-refractivity contribution in [3.63, 3.8) is 0 Å². The van der Waals surface area contributed by atoms with E-state index in [-0.39, 0.29) is 5.91 Å². The molecule has 0 aliphatic carbocycles. The standard InChI is InChI=1S/C12H24N2OS/c1-10(2)5-6-13-12(15)8-14-11-4-3-7-16-9-11/h10-11,14H,3-9H2,1-2H3,(H,13,15). The highest BCUT2D eigenvalue weighted by molar-refractivity contribution is 7.99. The summed E-state index contributed by atoms with van der Waals surface area (Å²) in [6.07, 6.45) is 3.55. The molecule has 1 atom stereocenters. The predicted octanol–water partition coefficient (Wildman–Crippen LogP) is 1.63. The topological polar surface area (TPSA) is 41.1 Å². The van der Waals surface area contributed by atoms with Crippen LogP contribution in [0.2, 0.25) is 0 Å². The lowest BCUT2D eigenvalue weighted by Crippen LogP contribution is -2.41. The van der Waals surface area contributed by atoms with Gasteiger partial charge >= 0.3 is 0 Å². The summed E-state index contributed by atoms with van der Waals surface area (Å²) in [5.41, 5.74) is 0. The molecule has 1 aliphatic rings. The Hall–Kier alpha value is -0.220. The highest BCUT2D eigenvalue weighted by Crippen LogP contribution is 2.16. The Balaban J connectivity index is 2.00. The van der Waals surface area contributed by atoms with Crippen molar-refractivity contribution in [1.29, 1.82) is 0 Å². The lowest BCUT2D eigenvalue weighted by molar-refractivity contribution is -0.120. The number of nitrogens with one attached hydrogen (secondary N) is 2. The van der Waals surface area contributed by atoms with Crippen LogP contribution in [-0.2, 0) is 4.79 Å². The molecule has 0 bridgehead atoms. The number of thioether (sulfide) groups is 1. The summed E-state index contributed by atoms with van der Waals surface area (Å²) in [6.45, 7) is 5.62. The van der Waals surface area contributed by atoms with E-state index in [1.165, 1.54) is 18.6 Å². The van der Waals surface area contributed by atoms with Gasteiger partial charge in [0.25, 0.3) is 0 Å². The van der Waals surface area contributed by atoms with Crippen LogP contribution < -0.4 is 10.6 Å². The van der Waals surface area contributed by atoms with Crippen LogP contribution >= 0.6 is 11.8 Å². The van der Waals surface area contributed by atoms with Crippen LogP contribution in [0, 0.1) is 5.92 Å². The Labute approximate surface area is 103 Å². The zero-order valence-corrected chi connectivity index (χ0v) is 11.2. The molecule has 94 valence electrons. The molecule has 1 heterocycles. The maximum atomic E-state index is 11.5. The summed E-state index contributed by atoms with van der Waals surface area (Å²) >= 11 is 1.98. The van der Waals surface area contributed by atoms with Crippen molar-refractivity contribution in [2.45, 2.75) is 39.2 Å². The zero-order valence-electron chi connectivity index (χ0n) is 10.4. The Morgan fingerprint density at radius 1 is 1.50 bits per heavy atom. The molecule has 0 aromatic heterocycles. The second-order valence-corrected chi connectivity index (χ2v) is 5.98. The van der Waals surface area contributed by atoms with Crippen molar-refractivity contribution in [2.75, 3.05) is 24.6 Å². The molecule has 16 heavy (non-hydrogen) atoms. The molecule has 0 saturated carbocycles. The molecule has 3 nitrogen and oxygen atoms in total. The van der Waals surface area contributed by atoms with Gasteiger partial charge in [-0.05, 0) is 30.9 Å². The minimum Gasteiger partial charge on any atom is -0.355 e. The number of hydrogen-bond acceptors (Lipinski definition) is 3. The van der Waals surface area contributed by atoms with E-state index in [9.17, 15) is 4.79 Å². The van der Waals surface area contributed by atoms with Crippen LogP contribution in [0.15, 0.2) is 0 Å². The van der Waals surface area contributed by atoms with Crippen molar-refractivity contribution in [3.05, 3.63) is 0 Å². The van der Waals surface area contributed by atoms with E-state index in [0.29, 0.717) is 18.5 Å². The molecular formula is C12H24N2OS. The average molecular weight is 244 g/mol. The fourth-order valence-electron chi connectivity index (χ4n) is 1.70. The third-order valence-electron chi connectivity index (χ3n) is 2.76. The molecule has 4 heteroatoms. The summed E-state index contributed by atoms with van der Waals surface area (Å²) in [5.74, 6) is 3.22. The summed E-state index contributed by atoms with van der Waals surface area (Å²) in [4.78, 5) is 11.5. The van der Waals surface area contributed by atoms with Crippen molar-refractivity contribution in [3.8, 4) is 0 Å². The number of carbonyl (C=O) groups excluding carboxylic acids is 1. The number of carbonyl (C=O) groups is 1. The molecule has 1 fully saturated rings. The van der Waals surface area contributed by atoms with Crippen molar-refractivity contribution >= 4 is 17.7 Å². The van der Waals surface area contributed by atoms with Gasteiger partial charge in [0.15, 0.2) is 0 Å². The molecule has 1 unspecified atom stereocenters. The van der Waals surface area contributed by atoms with Crippen LogP contribution in [0.3, 0.4) is 0 Å². The Morgan fingerprint density at radius 2 is 2.31 bits per heavy atom. The lowest BCUT2D eigenvalue weighted by Gasteiger charge is -2.22. The summed E-state index contributed by atoms with van der Waals surface area (Å²) < 4.78 is 0.